The lowest BCUT2D eigenvalue weighted by Crippen LogP contribution is -2.28. The van der Waals surface area contributed by atoms with Crippen molar-refractivity contribution in [2.75, 3.05) is 0 Å². The molecule has 0 amide bonds. The first-order valence-electron chi connectivity index (χ1n) is 3.57. The minimum Gasteiger partial charge on any atom is -0.0817 e. The van der Waals surface area contributed by atoms with Crippen molar-refractivity contribution in [2.24, 2.45) is 0 Å². The first-order chi connectivity index (χ1) is 5.00. The number of hydrogen-bond donors (Lipinski definition) is 0. The molecule has 0 aliphatic carbocycles. The molecule has 0 saturated carbocycles. The maximum absolute atomic E-state index is 2.59. The number of halogens is 4. The van der Waals surface area contributed by atoms with Crippen LogP contribution in [0.1, 0.15) is 20.3 Å². The average molecular weight is 604 g/mol. The molecule has 0 aliphatic heterocycles. The van der Waals surface area contributed by atoms with Crippen LogP contribution in [0.3, 0.4) is 0 Å². The highest BCUT2D eigenvalue weighted by atomic mass is 127. The number of alkyl halides is 4. The predicted molar refractivity (Wildman–Crippen MR) is 87.2 cm³/mol. The molecule has 0 rings (SSSR count). The van der Waals surface area contributed by atoms with Crippen LogP contribution in [0, 0.1) is 0 Å². The highest BCUT2D eigenvalue weighted by molar-refractivity contribution is 14.1. The van der Waals surface area contributed by atoms with Gasteiger partial charge in [-0.3, -0.25) is 0 Å². The Bertz CT molecular complexity index is 105. The fraction of sp³-hybridized carbons (Fsp3) is 1.00. The Labute approximate surface area is 124 Å². The second-order valence-corrected chi connectivity index (χ2v) is 8.93. The summed E-state index contributed by atoms with van der Waals surface area (Å²) in [5, 5.41) is 0. The van der Waals surface area contributed by atoms with Gasteiger partial charge in [-0.1, -0.05) is 104 Å². The van der Waals surface area contributed by atoms with Crippen LogP contribution in [0.4, 0.5) is 0 Å². The third-order valence-corrected chi connectivity index (χ3v) is 11.5. The van der Waals surface area contributed by atoms with Gasteiger partial charge in [-0.2, -0.15) is 0 Å². The Morgan fingerprint density at radius 1 is 1.00 bits per heavy atom. The Balaban J connectivity index is 3.90. The molecule has 4 atom stereocenters. The third kappa shape index (κ3) is 5.38. The highest BCUT2D eigenvalue weighted by Crippen LogP contribution is 2.30. The largest absolute Gasteiger partial charge is 0.0817 e. The van der Waals surface area contributed by atoms with E-state index in [4.69, 9.17) is 0 Å². The molecular weight excluding hydrogens is 592 g/mol. The van der Waals surface area contributed by atoms with Gasteiger partial charge >= 0.3 is 0 Å². The minimum atomic E-state index is 0.777. The molecule has 0 bridgehead atoms. The van der Waals surface area contributed by atoms with Gasteiger partial charge in [-0.25, -0.2) is 0 Å². The van der Waals surface area contributed by atoms with E-state index in [1.54, 1.807) is 0 Å². The summed E-state index contributed by atoms with van der Waals surface area (Å²) in [6, 6.07) is 0. The molecule has 4 heteroatoms. The summed E-state index contributed by atoms with van der Waals surface area (Å²) in [7, 11) is 0. The van der Waals surface area contributed by atoms with Crippen LogP contribution in [-0.4, -0.2) is 15.7 Å². The van der Waals surface area contributed by atoms with Gasteiger partial charge in [0, 0.05) is 15.7 Å². The molecule has 0 fully saturated rings. The standard InChI is InChI=1S/C7H12I4/c1-3-5(9)7(11)6(10)4(2)8/h4-7H,3H2,1-2H3/t4-,5+,6-,7+/m0/s1. The van der Waals surface area contributed by atoms with Crippen molar-refractivity contribution in [2.45, 2.75) is 36.0 Å². The predicted octanol–water partition coefficient (Wildman–Crippen LogP) is 4.63. The van der Waals surface area contributed by atoms with Gasteiger partial charge < -0.3 is 0 Å². The van der Waals surface area contributed by atoms with E-state index in [0.29, 0.717) is 0 Å². The topological polar surface area (TPSA) is 0 Å². The van der Waals surface area contributed by atoms with Crippen molar-refractivity contribution in [3.05, 3.63) is 0 Å². The lowest BCUT2D eigenvalue weighted by molar-refractivity contribution is 0.774. The van der Waals surface area contributed by atoms with Crippen LogP contribution >= 0.6 is 90.4 Å². The van der Waals surface area contributed by atoms with Gasteiger partial charge in [-0.15, -0.1) is 0 Å². The van der Waals surface area contributed by atoms with Crippen LogP contribution in [0.15, 0.2) is 0 Å². The molecule has 0 saturated heterocycles. The Hall–Kier alpha value is 2.92. The van der Waals surface area contributed by atoms with Crippen molar-refractivity contribution < 1.29 is 0 Å². The van der Waals surface area contributed by atoms with Crippen LogP contribution in [-0.2, 0) is 0 Å². The molecule has 0 unspecified atom stereocenters. The summed E-state index contributed by atoms with van der Waals surface area (Å²) in [5.41, 5.74) is 0. The van der Waals surface area contributed by atoms with Crippen molar-refractivity contribution in [1.29, 1.82) is 0 Å². The summed E-state index contributed by atoms with van der Waals surface area (Å²) in [4.78, 5) is 0. The van der Waals surface area contributed by atoms with E-state index in [1.165, 1.54) is 6.42 Å². The molecule has 0 aromatic rings. The molecular formula is C7H12I4. The van der Waals surface area contributed by atoms with E-state index in [0.717, 1.165) is 15.7 Å². The van der Waals surface area contributed by atoms with Crippen LogP contribution in [0.2, 0.25) is 0 Å². The quantitative estimate of drug-likeness (QED) is 0.325. The molecule has 0 aromatic carbocycles. The van der Waals surface area contributed by atoms with Crippen molar-refractivity contribution in [3.63, 3.8) is 0 Å². The average Bonchev–Trinajstić information content (AvgIpc) is 2.00. The zero-order valence-electron chi connectivity index (χ0n) is 6.53. The van der Waals surface area contributed by atoms with Crippen LogP contribution in [0.5, 0.6) is 0 Å². The smallest absolute Gasteiger partial charge is 0.0355 e. The van der Waals surface area contributed by atoms with Gasteiger partial charge in [0.1, 0.15) is 0 Å². The van der Waals surface area contributed by atoms with Crippen molar-refractivity contribution in [1.82, 2.24) is 0 Å². The summed E-state index contributed by atoms with van der Waals surface area (Å²) in [6.07, 6.45) is 1.29. The molecule has 0 aromatic heterocycles. The fourth-order valence-corrected chi connectivity index (χ4v) is 4.79. The lowest BCUT2D eigenvalue weighted by Gasteiger charge is -2.22. The van der Waals surface area contributed by atoms with E-state index < -0.39 is 0 Å². The second-order valence-electron chi connectivity index (χ2n) is 2.49. The molecule has 68 valence electrons. The van der Waals surface area contributed by atoms with Crippen molar-refractivity contribution in [3.8, 4) is 0 Å². The van der Waals surface area contributed by atoms with Gasteiger partial charge in [0.25, 0.3) is 0 Å². The van der Waals surface area contributed by atoms with Gasteiger partial charge in [0.15, 0.2) is 0 Å². The maximum Gasteiger partial charge on any atom is 0.0355 e. The Kier molecular flexibility index (Phi) is 9.17. The second kappa shape index (κ2) is 7.24. The normalized spacial score (nSPS) is 22.4. The maximum atomic E-state index is 2.59. The minimum absolute atomic E-state index is 0.777. The van der Waals surface area contributed by atoms with Crippen LogP contribution < -0.4 is 0 Å². The lowest BCUT2D eigenvalue weighted by atomic mass is 10.2. The Morgan fingerprint density at radius 3 is 1.73 bits per heavy atom. The van der Waals surface area contributed by atoms with E-state index in [2.05, 4.69) is 104 Å². The molecule has 0 N–H and O–H groups in total. The molecule has 11 heavy (non-hydrogen) atoms. The summed E-state index contributed by atoms with van der Waals surface area (Å²) in [6.45, 7) is 4.56. The van der Waals surface area contributed by atoms with E-state index in [9.17, 15) is 0 Å². The molecule has 0 heterocycles. The van der Waals surface area contributed by atoms with Gasteiger partial charge in [0.05, 0.1) is 0 Å². The SMILES string of the molecule is CC[C@@H](I)[C@@H](I)[C@@H](I)[C@H](C)I. The molecule has 0 radical (unpaired) electrons. The zero-order chi connectivity index (χ0) is 9.02. The molecule has 0 aliphatic rings. The van der Waals surface area contributed by atoms with Gasteiger partial charge in [-0.05, 0) is 6.42 Å². The summed E-state index contributed by atoms with van der Waals surface area (Å²) >= 11 is 10.2. The summed E-state index contributed by atoms with van der Waals surface area (Å²) < 4.78 is 3.22. The zero-order valence-corrected chi connectivity index (χ0v) is 15.2. The summed E-state index contributed by atoms with van der Waals surface area (Å²) in [5.74, 6) is 0. The Morgan fingerprint density at radius 2 is 1.45 bits per heavy atom. The van der Waals surface area contributed by atoms with Crippen LogP contribution in [0.25, 0.3) is 0 Å². The first kappa shape index (κ1) is 13.9. The monoisotopic (exact) mass is 604 g/mol. The first-order valence-corrected chi connectivity index (χ1v) is 8.55. The van der Waals surface area contributed by atoms with Gasteiger partial charge in [0.2, 0.25) is 0 Å². The van der Waals surface area contributed by atoms with E-state index in [1.807, 2.05) is 0 Å². The van der Waals surface area contributed by atoms with E-state index >= 15 is 0 Å². The molecule has 0 spiro atoms. The van der Waals surface area contributed by atoms with E-state index in [-0.39, 0.29) is 0 Å². The number of rotatable bonds is 4. The molecule has 0 nitrogen and oxygen atoms in total. The van der Waals surface area contributed by atoms with Crippen molar-refractivity contribution >= 4 is 90.4 Å². The number of hydrogen-bond acceptors (Lipinski definition) is 0. The highest BCUT2D eigenvalue weighted by Gasteiger charge is 2.24. The third-order valence-electron chi connectivity index (χ3n) is 1.48. The fourth-order valence-electron chi connectivity index (χ4n) is 0.678.